The van der Waals surface area contributed by atoms with Crippen LogP contribution in [0.2, 0.25) is 0 Å². The second-order valence-electron chi connectivity index (χ2n) is 10.8. The zero-order valence-electron chi connectivity index (χ0n) is 21.3. The maximum absolute atomic E-state index is 13.5. The summed E-state index contributed by atoms with van der Waals surface area (Å²) < 4.78 is 42.3. The number of benzene rings is 1. The lowest BCUT2D eigenvalue weighted by atomic mass is 9.79. The largest absolute Gasteiger partial charge is 0.408 e. The first-order valence-corrected chi connectivity index (χ1v) is 12.6. The van der Waals surface area contributed by atoms with E-state index in [9.17, 15) is 23.2 Å². The van der Waals surface area contributed by atoms with Crippen molar-refractivity contribution in [3.63, 3.8) is 0 Å². The third-order valence-corrected chi connectivity index (χ3v) is 7.38. The highest BCUT2D eigenvalue weighted by atomic mass is 19.4. The molecule has 1 aliphatic carbocycles. The summed E-state index contributed by atoms with van der Waals surface area (Å²) in [4.78, 5) is 26.3. The van der Waals surface area contributed by atoms with Gasteiger partial charge in [-0.3, -0.25) is 4.79 Å². The Labute approximate surface area is 221 Å². The van der Waals surface area contributed by atoms with Crippen LogP contribution in [0.25, 0.3) is 16.9 Å². The number of nitriles is 1. The standard InChI is InChI=1S/C27H25F3N8O/c1-25(2)14-32-11-16-10-17(6-7-19(16)25)34-24-33-12-18-22(36-24)38(37(23(18)39)15-27(28,29)30)21-5-3-4-20(35-21)26(13-31)8-9-26/h3-7,10,12,32H,8-9,11,14-15H2,1-2H3,(H,33,34,36). The molecule has 12 heteroatoms. The maximum atomic E-state index is 13.5. The van der Waals surface area contributed by atoms with Gasteiger partial charge in [-0.2, -0.15) is 23.4 Å². The van der Waals surface area contributed by atoms with Gasteiger partial charge >= 0.3 is 6.18 Å². The Hall–Kier alpha value is -4.24. The maximum Gasteiger partial charge on any atom is 0.408 e. The smallest absolute Gasteiger partial charge is 0.324 e. The van der Waals surface area contributed by atoms with Crippen molar-refractivity contribution in [2.24, 2.45) is 0 Å². The summed E-state index contributed by atoms with van der Waals surface area (Å²) in [5, 5.41) is 16.1. The van der Waals surface area contributed by atoms with Crippen LogP contribution in [0.4, 0.5) is 24.8 Å². The van der Waals surface area contributed by atoms with Gasteiger partial charge in [0, 0.05) is 30.4 Å². The second kappa shape index (κ2) is 8.64. The van der Waals surface area contributed by atoms with Gasteiger partial charge < -0.3 is 10.6 Å². The lowest BCUT2D eigenvalue weighted by Gasteiger charge is -2.33. The monoisotopic (exact) mass is 534 g/mol. The molecule has 4 aromatic rings. The third-order valence-electron chi connectivity index (χ3n) is 7.38. The lowest BCUT2D eigenvalue weighted by molar-refractivity contribution is -0.144. The van der Waals surface area contributed by atoms with Crippen molar-refractivity contribution >= 4 is 22.7 Å². The van der Waals surface area contributed by atoms with E-state index in [4.69, 9.17) is 0 Å². The van der Waals surface area contributed by atoms with Crippen LogP contribution in [0, 0.1) is 11.3 Å². The fourth-order valence-electron chi connectivity index (χ4n) is 5.20. The van der Waals surface area contributed by atoms with Crippen molar-refractivity contribution in [1.82, 2.24) is 29.6 Å². The summed E-state index contributed by atoms with van der Waals surface area (Å²) >= 11 is 0. The van der Waals surface area contributed by atoms with Crippen LogP contribution in [0.3, 0.4) is 0 Å². The van der Waals surface area contributed by atoms with Crippen LogP contribution in [0.5, 0.6) is 0 Å². The van der Waals surface area contributed by atoms with E-state index in [1.54, 1.807) is 12.1 Å². The minimum atomic E-state index is -4.67. The van der Waals surface area contributed by atoms with Gasteiger partial charge in [-0.05, 0) is 48.2 Å². The van der Waals surface area contributed by atoms with E-state index in [2.05, 4.69) is 45.5 Å². The number of hydrogen-bond donors (Lipinski definition) is 2. The first kappa shape index (κ1) is 25.1. The molecule has 0 atom stereocenters. The molecule has 3 aromatic heterocycles. The summed E-state index contributed by atoms with van der Waals surface area (Å²) in [6.45, 7) is 4.37. The van der Waals surface area contributed by atoms with E-state index in [-0.39, 0.29) is 28.2 Å². The minimum absolute atomic E-state index is 0.0195. The number of fused-ring (bicyclic) bond motifs is 2. The molecule has 2 N–H and O–H groups in total. The molecule has 0 bridgehead atoms. The van der Waals surface area contributed by atoms with Crippen LogP contribution in [0.15, 0.2) is 47.4 Å². The molecule has 0 unspecified atom stereocenters. The van der Waals surface area contributed by atoms with E-state index < -0.39 is 23.7 Å². The first-order chi connectivity index (χ1) is 18.5. The van der Waals surface area contributed by atoms with Crippen LogP contribution in [0.1, 0.15) is 43.5 Å². The van der Waals surface area contributed by atoms with Gasteiger partial charge in [0.15, 0.2) is 11.5 Å². The zero-order chi connectivity index (χ0) is 27.6. The number of hydrogen-bond acceptors (Lipinski definition) is 7. The molecule has 0 amide bonds. The van der Waals surface area contributed by atoms with Gasteiger partial charge in [0.25, 0.3) is 5.56 Å². The Kier molecular flexibility index (Phi) is 5.55. The molecule has 1 aliphatic heterocycles. The van der Waals surface area contributed by atoms with Gasteiger partial charge in [0.2, 0.25) is 5.95 Å². The number of nitrogens with one attached hydrogen (secondary N) is 2. The summed E-state index contributed by atoms with van der Waals surface area (Å²) in [5.74, 6) is 0.187. The van der Waals surface area contributed by atoms with E-state index >= 15 is 0 Å². The number of anilines is 2. The number of aromatic nitrogens is 5. The fraction of sp³-hybridized carbons (Fsp3) is 0.370. The fourth-order valence-corrected chi connectivity index (χ4v) is 5.20. The molecule has 2 aliphatic rings. The predicted molar refractivity (Wildman–Crippen MR) is 138 cm³/mol. The zero-order valence-corrected chi connectivity index (χ0v) is 21.3. The topological polar surface area (TPSA) is 113 Å². The first-order valence-electron chi connectivity index (χ1n) is 12.6. The SMILES string of the molecule is CC1(C)CNCc2cc(Nc3ncc4c(=O)n(CC(F)(F)F)n(-c5cccc(C6(C#N)CC6)n5)c4n3)ccc21. The van der Waals surface area contributed by atoms with Gasteiger partial charge in [-0.1, -0.05) is 26.0 Å². The number of pyridine rings is 1. The molecule has 1 saturated carbocycles. The number of halogens is 3. The molecule has 6 rings (SSSR count). The predicted octanol–water partition coefficient (Wildman–Crippen LogP) is 4.22. The minimum Gasteiger partial charge on any atom is -0.324 e. The lowest BCUT2D eigenvalue weighted by Crippen LogP contribution is -2.38. The number of nitrogens with zero attached hydrogens (tertiary/aromatic N) is 6. The Balaban J connectivity index is 1.46. The molecule has 0 spiro atoms. The summed E-state index contributed by atoms with van der Waals surface area (Å²) in [6.07, 6.45) is -2.21. The Morgan fingerprint density at radius 1 is 1.18 bits per heavy atom. The molecule has 0 saturated heterocycles. The average molecular weight is 535 g/mol. The molecule has 4 heterocycles. The van der Waals surface area contributed by atoms with E-state index in [1.165, 1.54) is 17.8 Å². The highest BCUT2D eigenvalue weighted by Gasteiger charge is 2.46. The summed E-state index contributed by atoms with van der Waals surface area (Å²) in [7, 11) is 0. The van der Waals surface area contributed by atoms with Gasteiger partial charge in [0.1, 0.15) is 11.9 Å². The van der Waals surface area contributed by atoms with Crippen molar-refractivity contribution in [3.8, 4) is 11.9 Å². The molecular weight excluding hydrogens is 509 g/mol. The molecule has 39 heavy (non-hydrogen) atoms. The van der Waals surface area contributed by atoms with Crippen LogP contribution >= 0.6 is 0 Å². The van der Waals surface area contributed by atoms with Crippen molar-refractivity contribution in [2.75, 3.05) is 11.9 Å². The molecular formula is C27H25F3N8O. The highest BCUT2D eigenvalue weighted by molar-refractivity contribution is 5.77. The van der Waals surface area contributed by atoms with Crippen molar-refractivity contribution in [2.45, 2.75) is 56.8 Å². The summed E-state index contributed by atoms with van der Waals surface area (Å²) in [5.41, 5.74) is 1.83. The van der Waals surface area contributed by atoms with Crippen LogP contribution < -0.4 is 16.2 Å². The van der Waals surface area contributed by atoms with E-state index in [0.29, 0.717) is 35.4 Å². The highest BCUT2D eigenvalue weighted by Crippen LogP contribution is 2.46. The van der Waals surface area contributed by atoms with Gasteiger partial charge in [-0.15, -0.1) is 0 Å². The molecule has 1 fully saturated rings. The van der Waals surface area contributed by atoms with Crippen molar-refractivity contribution in [3.05, 3.63) is 69.8 Å². The summed E-state index contributed by atoms with van der Waals surface area (Å²) in [6, 6.07) is 13.0. The Bertz CT molecular complexity index is 1710. The van der Waals surface area contributed by atoms with E-state index in [1.807, 2.05) is 18.2 Å². The normalized spacial score (nSPS) is 17.4. The quantitative estimate of drug-likeness (QED) is 0.394. The van der Waals surface area contributed by atoms with Crippen molar-refractivity contribution < 1.29 is 13.2 Å². The van der Waals surface area contributed by atoms with Crippen molar-refractivity contribution in [1.29, 1.82) is 5.26 Å². The second-order valence-corrected chi connectivity index (χ2v) is 10.8. The molecule has 0 radical (unpaired) electrons. The van der Waals surface area contributed by atoms with Crippen LogP contribution in [-0.4, -0.2) is 37.0 Å². The number of alkyl halides is 3. The molecule has 9 nitrogen and oxygen atoms in total. The molecule has 200 valence electrons. The van der Waals surface area contributed by atoms with E-state index in [0.717, 1.165) is 16.8 Å². The third kappa shape index (κ3) is 4.42. The van der Waals surface area contributed by atoms with Gasteiger partial charge in [-0.25, -0.2) is 19.3 Å². The van der Waals surface area contributed by atoms with Gasteiger partial charge in [0.05, 0.1) is 17.2 Å². The Morgan fingerprint density at radius 3 is 2.69 bits per heavy atom. The number of rotatable bonds is 5. The van der Waals surface area contributed by atoms with Crippen LogP contribution in [-0.2, 0) is 23.9 Å². The molecule has 1 aromatic carbocycles. The average Bonchev–Trinajstić information content (AvgIpc) is 3.64. The Morgan fingerprint density at radius 2 is 1.97 bits per heavy atom.